The van der Waals surface area contributed by atoms with E-state index >= 15 is 0 Å². The number of hydrogen-bond acceptors (Lipinski definition) is 5. The summed E-state index contributed by atoms with van der Waals surface area (Å²) in [4.78, 5) is 25.3. The van der Waals surface area contributed by atoms with Gasteiger partial charge in [-0.05, 0) is 36.3 Å². The zero-order valence-electron chi connectivity index (χ0n) is 14.4. The van der Waals surface area contributed by atoms with E-state index in [4.69, 9.17) is 5.21 Å². The third-order valence-electron chi connectivity index (χ3n) is 4.10. The highest BCUT2D eigenvalue weighted by molar-refractivity contribution is 7.99. The monoisotopic (exact) mass is 363 g/mol. The molecule has 1 heterocycles. The maximum Gasteiger partial charge on any atom is 0.267 e. The molecule has 7 heteroatoms. The second-order valence-electron chi connectivity index (χ2n) is 5.83. The summed E-state index contributed by atoms with van der Waals surface area (Å²) in [6.45, 7) is 3.75. The van der Waals surface area contributed by atoms with Crippen LogP contribution in [-0.4, -0.2) is 47.7 Å². The smallest absolute Gasteiger partial charge is 0.267 e. The molecule has 3 N–H and O–H groups in total. The molecule has 0 bridgehead atoms. The maximum atomic E-state index is 11.8. The Balaban J connectivity index is 1.93. The van der Waals surface area contributed by atoms with Gasteiger partial charge < -0.3 is 10.2 Å². The molecule has 0 unspecified atom stereocenters. The van der Waals surface area contributed by atoms with Gasteiger partial charge in [0.25, 0.3) is 5.91 Å². The zero-order valence-corrected chi connectivity index (χ0v) is 15.2. The van der Waals surface area contributed by atoms with Crippen LogP contribution in [0.1, 0.15) is 25.3 Å². The fourth-order valence-corrected chi connectivity index (χ4v) is 3.32. The van der Waals surface area contributed by atoms with Gasteiger partial charge in [-0.15, -0.1) is 0 Å². The molecule has 6 nitrogen and oxygen atoms in total. The Bertz CT molecular complexity index is 613. The van der Waals surface area contributed by atoms with Gasteiger partial charge in [0.05, 0.1) is 5.75 Å². The number of hydrogen-bond donors (Lipinski definition) is 3. The summed E-state index contributed by atoms with van der Waals surface area (Å²) in [6.07, 6.45) is 4.79. The Morgan fingerprint density at radius 1 is 1.32 bits per heavy atom. The van der Waals surface area contributed by atoms with Gasteiger partial charge in [-0.3, -0.25) is 14.8 Å². The minimum atomic E-state index is -0.554. The van der Waals surface area contributed by atoms with Crippen LogP contribution in [0.2, 0.25) is 0 Å². The van der Waals surface area contributed by atoms with Gasteiger partial charge in [-0.1, -0.05) is 25.1 Å². The largest absolute Gasteiger partial charge is 0.371 e. The molecule has 0 spiro atoms. The molecular weight excluding hydrogens is 338 g/mol. The van der Waals surface area contributed by atoms with Gasteiger partial charge in [0.15, 0.2) is 0 Å². The quantitative estimate of drug-likeness (QED) is 0.392. The Morgan fingerprint density at radius 2 is 2.04 bits per heavy atom. The Morgan fingerprint density at radius 3 is 2.72 bits per heavy atom. The number of carbonyl (C=O) groups is 2. The van der Waals surface area contributed by atoms with Crippen LogP contribution in [0.15, 0.2) is 30.3 Å². The van der Waals surface area contributed by atoms with Crippen LogP contribution in [0.4, 0.5) is 5.69 Å². The van der Waals surface area contributed by atoms with E-state index in [0.29, 0.717) is 5.75 Å². The van der Waals surface area contributed by atoms with E-state index < -0.39 is 5.91 Å². The summed E-state index contributed by atoms with van der Waals surface area (Å²) in [5, 5.41) is 11.7. The second-order valence-corrected chi connectivity index (χ2v) is 7.11. The Labute approximate surface area is 152 Å². The van der Waals surface area contributed by atoms with Gasteiger partial charge in [0.1, 0.15) is 0 Å². The summed E-state index contributed by atoms with van der Waals surface area (Å²) in [5.41, 5.74) is 3.57. The number of carbonyl (C=O) groups excluding carboxylic acids is 2. The first-order valence-corrected chi connectivity index (χ1v) is 9.62. The molecule has 1 aromatic carbocycles. The van der Waals surface area contributed by atoms with Crippen molar-refractivity contribution in [3.05, 3.63) is 35.9 Å². The van der Waals surface area contributed by atoms with Crippen molar-refractivity contribution < 1.29 is 14.8 Å². The van der Waals surface area contributed by atoms with Gasteiger partial charge in [-0.2, -0.15) is 11.8 Å². The molecule has 2 rings (SSSR count). The van der Waals surface area contributed by atoms with E-state index in [1.807, 2.05) is 31.2 Å². The summed E-state index contributed by atoms with van der Waals surface area (Å²) >= 11 is 1.63. The molecular formula is C18H25N3O3S. The first kappa shape index (κ1) is 19.3. The molecule has 0 aliphatic carbocycles. The third kappa shape index (κ3) is 6.10. The molecule has 1 aromatic rings. The molecule has 0 aromatic heterocycles. The Kier molecular flexibility index (Phi) is 7.81. The molecule has 136 valence electrons. The van der Waals surface area contributed by atoms with Crippen molar-refractivity contribution >= 4 is 35.3 Å². The fourth-order valence-electron chi connectivity index (χ4n) is 2.85. The number of benzene rings is 1. The maximum absolute atomic E-state index is 11.8. The number of piperidine rings is 1. The van der Waals surface area contributed by atoms with E-state index in [-0.39, 0.29) is 11.9 Å². The van der Waals surface area contributed by atoms with Gasteiger partial charge in [0.2, 0.25) is 5.91 Å². The van der Waals surface area contributed by atoms with Crippen molar-refractivity contribution in [2.75, 3.05) is 29.5 Å². The van der Waals surface area contributed by atoms with Crippen molar-refractivity contribution in [2.24, 2.45) is 0 Å². The lowest BCUT2D eigenvalue weighted by molar-refractivity contribution is -0.124. The Hall–Kier alpha value is -1.99. The first-order valence-electron chi connectivity index (χ1n) is 8.47. The molecule has 0 radical (unpaired) electrons. The van der Waals surface area contributed by atoms with Crippen molar-refractivity contribution in [1.29, 1.82) is 0 Å². The van der Waals surface area contributed by atoms with Crippen LogP contribution < -0.4 is 15.7 Å². The molecule has 1 saturated heterocycles. The molecule has 25 heavy (non-hydrogen) atoms. The van der Waals surface area contributed by atoms with Crippen LogP contribution in [0.3, 0.4) is 0 Å². The van der Waals surface area contributed by atoms with Crippen LogP contribution >= 0.6 is 11.8 Å². The van der Waals surface area contributed by atoms with Crippen LogP contribution in [0, 0.1) is 0 Å². The molecule has 1 aliphatic rings. The van der Waals surface area contributed by atoms with E-state index in [9.17, 15) is 9.59 Å². The molecule has 2 amide bonds. The SMILES string of the molecule is CCSCC(=O)NC1CCN(c2ccccc2C=CC(=O)NO)CC1. The number of anilines is 1. The standard InChI is InChI=1S/C18H25N3O3S/c1-2-25-13-18(23)19-15-9-11-21(12-10-15)16-6-4-3-5-14(16)7-8-17(22)20-24/h3-8,15,24H,2,9-13H2,1H3,(H,19,23)(H,20,22). The number of para-hydroxylation sites is 1. The molecule has 1 aliphatic heterocycles. The highest BCUT2D eigenvalue weighted by Crippen LogP contribution is 2.25. The summed E-state index contributed by atoms with van der Waals surface area (Å²) in [6, 6.07) is 8.07. The van der Waals surface area contributed by atoms with Gasteiger partial charge >= 0.3 is 0 Å². The lowest BCUT2D eigenvalue weighted by Crippen LogP contribution is -2.45. The van der Waals surface area contributed by atoms with Crippen molar-refractivity contribution in [3.63, 3.8) is 0 Å². The van der Waals surface area contributed by atoms with E-state index in [1.165, 1.54) is 6.08 Å². The van der Waals surface area contributed by atoms with Crippen molar-refractivity contribution in [2.45, 2.75) is 25.8 Å². The van der Waals surface area contributed by atoms with Gasteiger partial charge in [0, 0.05) is 30.9 Å². The normalized spacial score (nSPS) is 15.4. The van der Waals surface area contributed by atoms with Crippen LogP contribution in [0.25, 0.3) is 6.08 Å². The van der Waals surface area contributed by atoms with Gasteiger partial charge in [-0.25, -0.2) is 5.48 Å². The number of nitrogens with one attached hydrogen (secondary N) is 2. The average Bonchev–Trinajstić information content (AvgIpc) is 2.65. The highest BCUT2D eigenvalue weighted by atomic mass is 32.2. The predicted octanol–water partition coefficient (Wildman–Crippen LogP) is 2.04. The zero-order chi connectivity index (χ0) is 18.1. The number of thioether (sulfide) groups is 1. The number of amides is 2. The van der Waals surface area contributed by atoms with E-state index in [2.05, 4.69) is 10.2 Å². The predicted molar refractivity (Wildman–Crippen MR) is 102 cm³/mol. The van der Waals surface area contributed by atoms with E-state index in [1.54, 1.807) is 23.3 Å². The number of rotatable bonds is 7. The molecule has 1 fully saturated rings. The lowest BCUT2D eigenvalue weighted by Gasteiger charge is -2.34. The molecule has 0 atom stereocenters. The van der Waals surface area contributed by atoms with Crippen LogP contribution in [-0.2, 0) is 9.59 Å². The fraction of sp³-hybridized carbons (Fsp3) is 0.444. The highest BCUT2D eigenvalue weighted by Gasteiger charge is 2.21. The third-order valence-corrected chi connectivity index (χ3v) is 4.97. The summed E-state index contributed by atoms with van der Waals surface area (Å²) < 4.78 is 0. The first-order chi connectivity index (χ1) is 12.1. The topological polar surface area (TPSA) is 81.7 Å². The van der Waals surface area contributed by atoms with Crippen molar-refractivity contribution in [3.8, 4) is 0 Å². The van der Waals surface area contributed by atoms with Crippen molar-refractivity contribution in [1.82, 2.24) is 10.8 Å². The minimum Gasteiger partial charge on any atom is -0.371 e. The summed E-state index contributed by atoms with van der Waals surface area (Å²) in [5.74, 6) is 1.03. The number of hydroxylamine groups is 1. The molecule has 0 saturated carbocycles. The van der Waals surface area contributed by atoms with E-state index in [0.717, 1.165) is 42.9 Å². The second kappa shape index (κ2) is 10.1. The average molecular weight is 363 g/mol. The number of nitrogens with zero attached hydrogens (tertiary/aromatic N) is 1. The van der Waals surface area contributed by atoms with Crippen LogP contribution in [0.5, 0.6) is 0 Å². The minimum absolute atomic E-state index is 0.114. The lowest BCUT2D eigenvalue weighted by atomic mass is 10.0. The summed E-state index contributed by atoms with van der Waals surface area (Å²) in [7, 11) is 0.